The maximum atomic E-state index is 13.4. The van der Waals surface area contributed by atoms with E-state index in [2.05, 4.69) is 10.3 Å². The number of hydrogen-bond acceptors (Lipinski definition) is 4. The van der Waals surface area contributed by atoms with Gasteiger partial charge >= 0.3 is 0 Å². The zero-order valence-electron chi connectivity index (χ0n) is 12.8. The van der Waals surface area contributed by atoms with Gasteiger partial charge in [0, 0.05) is 5.92 Å². The van der Waals surface area contributed by atoms with E-state index in [1.807, 2.05) is 0 Å². The quantitative estimate of drug-likeness (QED) is 0.883. The number of nitrogens with two attached hydrogens (primary N) is 1. The molecule has 0 radical (unpaired) electrons. The minimum atomic E-state index is -0.609. The molecule has 0 bridgehead atoms. The van der Waals surface area contributed by atoms with Crippen molar-refractivity contribution in [3.05, 3.63) is 47.4 Å². The van der Waals surface area contributed by atoms with E-state index in [-0.39, 0.29) is 12.1 Å². The molecule has 0 unspecified atom stereocenters. The molecule has 6 heteroatoms. The first-order valence-corrected chi connectivity index (χ1v) is 7.91. The Balaban J connectivity index is 1.68. The van der Waals surface area contributed by atoms with Crippen LogP contribution in [0.25, 0.3) is 0 Å². The van der Waals surface area contributed by atoms with Gasteiger partial charge in [-0.2, -0.15) is 0 Å². The van der Waals surface area contributed by atoms with Gasteiger partial charge in [0.2, 0.25) is 5.89 Å². The van der Waals surface area contributed by atoms with Gasteiger partial charge in [-0.25, -0.2) is 9.37 Å². The van der Waals surface area contributed by atoms with E-state index in [1.165, 1.54) is 37.5 Å². The van der Waals surface area contributed by atoms with Gasteiger partial charge in [-0.3, -0.25) is 4.79 Å². The molecule has 1 amide bonds. The van der Waals surface area contributed by atoms with Crippen LogP contribution in [0.2, 0.25) is 0 Å². The van der Waals surface area contributed by atoms with E-state index >= 15 is 0 Å². The van der Waals surface area contributed by atoms with Crippen LogP contribution in [0, 0.1) is 5.82 Å². The second kappa shape index (κ2) is 6.81. The first-order chi connectivity index (χ1) is 11.1. The monoisotopic (exact) mass is 317 g/mol. The number of benzene rings is 1. The normalized spacial score (nSPS) is 15.5. The SMILES string of the molecule is NC(=O)c1ccc(F)cc1NCc1ncc(C2CCCCC2)o1. The van der Waals surface area contributed by atoms with Crippen molar-refractivity contribution in [2.24, 2.45) is 5.73 Å². The highest BCUT2D eigenvalue weighted by molar-refractivity contribution is 5.98. The number of halogens is 1. The molecule has 1 aliphatic carbocycles. The Morgan fingerprint density at radius 3 is 2.87 bits per heavy atom. The van der Waals surface area contributed by atoms with Gasteiger partial charge in [0.1, 0.15) is 11.6 Å². The summed E-state index contributed by atoms with van der Waals surface area (Å²) in [5.41, 5.74) is 5.88. The van der Waals surface area contributed by atoms with Gasteiger partial charge in [-0.05, 0) is 31.0 Å². The maximum Gasteiger partial charge on any atom is 0.250 e. The summed E-state index contributed by atoms with van der Waals surface area (Å²) in [5.74, 6) is 0.831. The molecule has 2 aromatic rings. The lowest BCUT2D eigenvalue weighted by molar-refractivity contribution is 0.100. The number of primary amides is 1. The summed E-state index contributed by atoms with van der Waals surface area (Å²) in [6.45, 7) is 0.274. The van der Waals surface area contributed by atoms with Crippen molar-refractivity contribution in [2.75, 3.05) is 5.32 Å². The highest BCUT2D eigenvalue weighted by atomic mass is 19.1. The topological polar surface area (TPSA) is 81.2 Å². The number of rotatable bonds is 5. The zero-order chi connectivity index (χ0) is 16.2. The Kier molecular flexibility index (Phi) is 4.60. The summed E-state index contributed by atoms with van der Waals surface area (Å²) < 4.78 is 19.1. The van der Waals surface area contributed by atoms with Crippen molar-refractivity contribution >= 4 is 11.6 Å². The molecule has 3 rings (SSSR count). The number of carbonyl (C=O) groups is 1. The van der Waals surface area contributed by atoms with Crippen molar-refractivity contribution < 1.29 is 13.6 Å². The zero-order valence-corrected chi connectivity index (χ0v) is 12.8. The fourth-order valence-corrected chi connectivity index (χ4v) is 3.03. The molecule has 3 N–H and O–H groups in total. The molecule has 5 nitrogen and oxygen atoms in total. The minimum absolute atomic E-state index is 0.241. The summed E-state index contributed by atoms with van der Waals surface area (Å²) in [6.07, 6.45) is 7.78. The van der Waals surface area contributed by atoms with Crippen molar-refractivity contribution in [2.45, 2.75) is 44.6 Å². The Labute approximate surface area is 134 Å². The molecular weight excluding hydrogens is 297 g/mol. The van der Waals surface area contributed by atoms with E-state index < -0.39 is 11.7 Å². The number of carbonyl (C=O) groups excluding carboxylic acids is 1. The molecule has 1 aromatic carbocycles. The van der Waals surface area contributed by atoms with Gasteiger partial charge in [0.15, 0.2) is 0 Å². The maximum absolute atomic E-state index is 13.4. The molecule has 1 fully saturated rings. The van der Waals surface area contributed by atoms with Crippen LogP contribution in [0.1, 0.15) is 60.0 Å². The number of anilines is 1. The van der Waals surface area contributed by atoms with Crippen LogP contribution in [0.5, 0.6) is 0 Å². The van der Waals surface area contributed by atoms with Crippen LogP contribution in [0.3, 0.4) is 0 Å². The lowest BCUT2D eigenvalue weighted by atomic mass is 9.88. The van der Waals surface area contributed by atoms with Crippen LogP contribution in [0.15, 0.2) is 28.8 Å². The number of oxazole rings is 1. The van der Waals surface area contributed by atoms with E-state index in [4.69, 9.17) is 10.2 Å². The predicted molar refractivity (Wildman–Crippen MR) is 84.6 cm³/mol. The summed E-state index contributed by atoms with van der Waals surface area (Å²) in [5, 5.41) is 2.97. The molecule has 23 heavy (non-hydrogen) atoms. The van der Waals surface area contributed by atoms with Crippen molar-refractivity contribution in [1.29, 1.82) is 0 Å². The Morgan fingerprint density at radius 1 is 1.35 bits per heavy atom. The average molecular weight is 317 g/mol. The van der Waals surface area contributed by atoms with E-state index in [1.54, 1.807) is 6.20 Å². The Hall–Kier alpha value is -2.37. The molecule has 122 valence electrons. The third-order valence-electron chi connectivity index (χ3n) is 4.26. The predicted octanol–water partition coefficient (Wildman–Crippen LogP) is 3.57. The molecule has 0 saturated heterocycles. The van der Waals surface area contributed by atoms with Crippen LogP contribution in [-0.4, -0.2) is 10.9 Å². The molecular formula is C17H20FN3O2. The van der Waals surface area contributed by atoms with Gasteiger partial charge < -0.3 is 15.5 Å². The first kappa shape index (κ1) is 15.5. The fourth-order valence-electron chi connectivity index (χ4n) is 3.03. The van der Waals surface area contributed by atoms with Crippen LogP contribution >= 0.6 is 0 Å². The lowest BCUT2D eigenvalue weighted by Crippen LogP contribution is -2.14. The summed E-state index contributed by atoms with van der Waals surface area (Å²) in [6, 6.07) is 3.81. The largest absolute Gasteiger partial charge is 0.444 e. The second-order valence-electron chi connectivity index (χ2n) is 5.90. The van der Waals surface area contributed by atoms with Crippen LogP contribution in [-0.2, 0) is 6.54 Å². The van der Waals surface area contributed by atoms with Gasteiger partial charge in [-0.15, -0.1) is 0 Å². The van der Waals surface area contributed by atoms with E-state index in [0.29, 0.717) is 17.5 Å². The van der Waals surface area contributed by atoms with E-state index in [9.17, 15) is 9.18 Å². The number of nitrogens with one attached hydrogen (secondary N) is 1. The van der Waals surface area contributed by atoms with Crippen LogP contribution < -0.4 is 11.1 Å². The van der Waals surface area contributed by atoms with Crippen molar-refractivity contribution in [1.82, 2.24) is 4.98 Å². The fraction of sp³-hybridized carbons (Fsp3) is 0.412. The minimum Gasteiger partial charge on any atom is -0.444 e. The third-order valence-corrected chi connectivity index (χ3v) is 4.26. The summed E-state index contributed by atoms with van der Waals surface area (Å²) in [7, 11) is 0. The summed E-state index contributed by atoms with van der Waals surface area (Å²) >= 11 is 0. The number of aromatic nitrogens is 1. The third kappa shape index (κ3) is 3.70. The second-order valence-corrected chi connectivity index (χ2v) is 5.90. The Morgan fingerprint density at radius 2 is 2.13 bits per heavy atom. The smallest absolute Gasteiger partial charge is 0.250 e. The van der Waals surface area contributed by atoms with Crippen molar-refractivity contribution in [3.63, 3.8) is 0 Å². The molecule has 0 aliphatic heterocycles. The highest BCUT2D eigenvalue weighted by Gasteiger charge is 2.19. The van der Waals surface area contributed by atoms with Gasteiger partial charge in [-0.1, -0.05) is 19.3 Å². The Bertz CT molecular complexity index is 693. The lowest BCUT2D eigenvalue weighted by Gasteiger charge is -2.18. The van der Waals surface area contributed by atoms with Gasteiger partial charge in [0.25, 0.3) is 5.91 Å². The highest BCUT2D eigenvalue weighted by Crippen LogP contribution is 2.32. The molecule has 1 heterocycles. The number of hydrogen-bond donors (Lipinski definition) is 2. The molecule has 0 atom stereocenters. The molecule has 1 aliphatic rings. The average Bonchev–Trinajstić information content (AvgIpc) is 3.02. The number of amides is 1. The molecule has 1 saturated carbocycles. The van der Waals surface area contributed by atoms with Gasteiger partial charge in [0.05, 0.1) is 24.0 Å². The summed E-state index contributed by atoms with van der Waals surface area (Å²) in [4.78, 5) is 15.6. The molecule has 1 aromatic heterocycles. The first-order valence-electron chi connectivity index (χ1n) is 7.91. The number of nitrogens with zero attached hydrogens (tertiary/aromatic N) is 1. The standard InChI is InChI=1S/C17H20FN3O2/c18-12-6-7-13(17(19)22)14(8-12)20-10-16-21-9-15(23-16)11-4-2-1-3-5-11/h6-9,11,20H,1-5,10H2,(H2,19,22). The van der Waals surface area contributed by atoms with E-state index in [0.717, 1.165) is 18.6 Å². The molecule has 0 spiro atoms. The van der Waals surface area contributed by atoms with Crippen LogP contribution in [0.4, 0.5) is 10.1 Å². The van der Waals surface area contributed by atoms with Crippen molar-refractivity contribution in [3.8, 4) is 0 Å².